The molecule has 0 saturated heterocycles. The highest BCUT2D eigenvalue weighted by Gasteiger charge is 1.98. The van der Waals surface area contributed by atoms with E-state index in [2.05, 4.69) is 4.74 Å². The normalized spacial score (nSPS) is 8.11. The van der Waals surface area contributed by atoms with Crippen molar-refractivity contribution in [2.45, 2.75) is 6.92 Å². The van der Waals surface area contributed by atoms with E-state index in [0.717, 1.165) is 0 Å². The summed E-state index contributed by atoms with van der Waals surface area (Å²) >= 11 is 0. The van der Waals surface area contributed by atoms with Gasteiger partial charge in [0.15, 0.2) is 0 Å². The Labute approximate surface area is 52.1 Å². The second-order valence-corrected chi connectivity index (χ2v) is 1.19. The van der Waals surface area contributed by atoms with Gasteiger partial charge in [0.2, 0.25) is 0 Å². The van der Waals surface area contributed by atoms with Crippen LogP contribution in [0.15, 0.2) is 0 Å². The van der Waals surface area contributed by atoms with Gasteiger partial charge in [-0.15, -0.1) is 0 Å². The molecule has 0 aromatic rings. The summed E-state index contributed by atoms with van der Waals surface area (Å²) in [5.41, 5.74) is 0. The Morgan fingerprint density at radius 1 is 1.89 bits per heavy atom. The molecule has 0 heterocycles. The second-order valence-electron chi connectivity index (χ2n) is 1.19. The highest BCUT2D eigenvalue weighted by Crippen LogP contribution is 1.71. The number of amides is 1. The fourth-order valence-electron chi connectivity index (χ4n) is 0.278. The van der Waals surface area contributed by atoms with Gasteiger partial charge in [-0.05, 0) is 6.92 Å². The zero-order valence-corrected chi connectivity index (χ0v) is 4.97. The van der Waals surface area contributed by atoms with Gasteiger partial charge in [0.1, 0.15) is 0 Å². The molecular weight excluding hydrogens is 124 g/mol. The van der Waals surface area contributed by atoms with Crippen LogP contribution in [0.1, 0.15) is 6.92 Å². The maximum atomic E-state index is 9.75. The first-order chi connectivity index (χ1) is 4.16. The molecule has 0 aliphatic heterocycles. The van der Waals surface area contributed by atoms with Crippen molar-refractivity contribution in [3.63, 3.8) is 0 Å². The van der Waals surface area contributed by atoms with E-state index in [4.69, 9.17) is 10.5 Å². The first-order valence-electron chi connectivity index (χ1n) is 2.38. The van der Waals surface area contributed by atoms with Gasteiger partial charge in [0, 0.05) is 0 Å². The molecule has 0 radical (unpaired) electrons. The second kappa shape index (κ2) is 3.71. The molecule has 0 aromatic carbocycles. The van der Waals surface area contributed by atoms with Crippen molar-refractivity contribution in [1.82, 2.24) is 5.32 Å². The average molecular weight is 132 g/mol. The summed E-state index contributed by atoms with van der Waals surface area (Å²) in [6, 6.07) is -0.440. The third-order valence-corrected chi connectivity index (χ3v) is 0.509. The third-order valence-electron chi connectivity index (χ3n) is 0.509. The summed E-state index contributed by atoms with van der Waals surface area (Å²) in [5, 5.41) is 16.4. The summed E-state index contributed by atoms with van der Waals surface area (Å²) in [4.78, 5) is 9.75. The Morgan fingerprint density at radius 3 is 2.78 bits per heavy atom. The number of hydrogen-bond donors (Lipinski definition) is 3. The summed E-state index contributed by atoms with van der Waals surface area (Å²) in [7, 11) is 0. The number of hydrogen-bond acceptors (Lipinski definition) is 3. The minimum atomic E-state index is -1.28. The van der Waals surface area contributed by atoms with Gasteiger partial charge in [-0.1, -0.05) is 0 Å². The fourth-order valence-corrected chi connectivity index (χ4v) is 0.278. The van der Waals surface area contributed by atoms with Gasteiger partial charge in [0.25, 0.3) is 6.02 Å². The monoisotopic (exact) mass is 132 g/mol. The lowest BCUT2D eigenvalue weighted by Crippen LogP contribution is -2.29. The number of ether oxygens (including phenoxy) is 1. The minimum Gasteiger partial charge on any atom is -0.465 e. The third kappa shape index (κ3) is 4.60. The van der Waals surface area contributed by atoms with Gasteiger partial charge >= 0.3 is 6.09 Å². The van der Waals surface area contributed by atoms with Crippen LogP contribution in [0.3, 0.4) is 0 Å². The molecule has 0 aromatic heterocycles. The van der Waals surface area contributed by atoms with Crippen molar-refractivity contribution in [3.05, 3.63) is 0 Å². The highest BCUT2D eigenvalue weighted by molar-refractivity contribution is 5.87. The van der Waals surface area contributed by atoms with E-state index in [1.807, 2.05) is 0 Å². The predicted molar refractivity (Wildman–Crippen MR) is 30.5 cm³/mol. The molecule has 52 valence electrons. The Bertz CT molecular complexity index is 123. The van der Waals surface area contributed by atoms with Gasteiger partial charge in [0.05, 0.1) is 6.61 Å². The van der Waals surface area contributed by atoms with E-state index >= 15 is 0 Å². The molecule has 9 heavy (non-hydrogen) atoms. The van der Waals surface area contributed by atoms with Gasteiger partial charge in [-0.3, -0.25) is 5.41 Å². The zero-order chi connectivity index (χ0) is 7.28. The lowest BCUT2D eigenvalue weighted by Gasteiger charge is -2.01. The van der Waals surface area contributed by atoms with E-state index in [0.29, 0.717) is 6.61 Å². The van der Waals surface area contributed by atoms with Crippen molar-refractivity contribution in [2.75, 3.05) is 6.61 Å². The van der Waals surface area contributed by atoms with Crippen LogP contribution in [0.4, 0.5) is 4.79 Å². The number of carboxylic acid groups (broad SMARTS) is 1. The first kappa shape index (κ1) is 7.74. The lowest BCUT2D eigenvalue weighted by atomic mass is 10.8. The molecule has 5 nitrogen and oxygen atoms in total. The van der Waals surface area contributed by atoms with Crippen molar-refractivity contribution in [3.8, 4) is 0 Å². The molecule has 1 amide bonds. The van der Waals surface area contributed by atoms with Gasteiger partial charge in [-0.2, -0.15) is 0 Å². The Kier molecular flexibility index (Phi) is 3.19. The maximum absolute atomic E-state index is 9.75. The maximum Gasteiger partial charge on any atom is 0.412 e. The molecule has 0 spiro atoms. The SMILES string of the molecule is CCOC(=N)NC(=O)O. The van der Waals surface area contributed by atoms with Crippen LogP contribution in [0.5, 0.6) is 0 Å². The van der Waals surface area contributed by atoms with Crippen molar-refractivity contribution in [1.29, 1.82) is 5.41 Å². The van der Waals surface area contributed by atoms with Crippen LogP contribution in [0, 0.1) is 5.41 Å². The van der Waals surface area contributed by atoms with Gasteiger partial charge in [-0.25, -0.2) is 10.1 Å². The number of amidine groups is 1. The molecule has 5 heteroatoms. The quantitative estimate of drug-likeness (QED) is 0.352. The average Bonchev–Trinajstić information content (AvgIpc) is 1.63. The largest absolute Gasteiger partial charge is 0.465 e. The molecule has 0 bridgehead atoms. The number of nitrogens with one attached hydrogen (secondary N) is 2. The summed E-state index contributed by atoms with van der Waals surface area (Å²) in [6.07, 6.45) is -1.28. The highest BCUT2D eigenvalue weighted by atomic mass is 16.5. The van der Waals surface area contributed by atoms with Gasteiger partial charge < -0.3 is 9.84 Å². The Hall–Kier alpha value is -1.26. The van der Waals surface area contributed by atoms with E-state index in [1.54, 1.807) is 12.2 Å². The van der Waals surface area contributed by atoms with Crippen molar-refractivity contribution < 1.29 is 14.6 Å². The lowest BCUT2D eigenvalue weighted by molar-refractivity contribution is 0.195. The first-order valence-corrected chi connectivity index (χ1v) is 2.38. The molecule has 0 saturated carbocycles. The van der Waals surface area contributed by atoms with E-state index in [-0.39, 0.29) is 0 Å². The standard InChI is InChI=1S/C4H8N2O3/c1-2-9-3(5)6-4(7)8/h2H2,1H3,(H2,5,6)(H,7,8). The molecule has 0 atom stereocenters. The van der Waals surface area contributed by atoms with Crippen LogP contribution >= 0.6 is 0 Å². The zero-order valence-electron chi connectivity index (χ0n) is 4.97. The molecule has 0 aliphatic rings. The van der Waals surface area contributed by atoms with E-state index in [1.165, 1.54) is 0 Å². The molecule has 0 unspecified atom stereocenters. The van der Waals surface area contributed by atoms with Crippen LogP contribution < -0.4 is 5.32 Å². The van der Waals surface area contributed by atoms with Crippen LogP contribution in [-0.4, -0.2) is 23.8 Å². The van der Waals surface area contributed by atoms with E-state index in [9.17, 15) is 4.79 Å². The number of rotatable bonds is 1. The fraction of sp³-hybridized carbons (Fsp3) is 0.500. The summed E-state index contributed by atoms with van der Waals surface area (Å²) in [5.74, 6) is 0. The van der Waals surface area contributed by atoms with Crippen LogP contribution in [0.25, 0.3) is 0 Å². The Balaban J connectivity index is 3.39. The Morgan fingerprint density at radius 2 is 2.44 bits per heavy atom. The molecular formula is C4H8N2O3. The number of carbonyl (C=O) groups is 1. The molecule has 0 rings (SSSR count). The van der Waals surface area contributed by atoms with Crippen molar-refractivity contribution in [2.24, 2.45) is 0 Å². The predicted octanol–water partition coefficient (Wildman–Crippen LogP) is 0.225. The minimum absolute atomic E-state index is 0.291. The molecule has 0 aliphatic carbocycles. The summed E-state index contributed by atoms with van der Waals surface area (Å²) in [6.45, 7) is 1.96. The topological polar surface area (TPSA) is 82.4 Å². The van der Waals surface area contributed by atoms with Crippen molar-refractivity contribution >= 4 is 12.1 Å². The summed E-state index contributed by atoms with van der Waals surface area (Å²) < 4.78 is 4.44. The van der Waals surface area contributed by atoms with Crippen LogP contribution in [-0.2, 0) is 4.74 Å². The smallest absolute Gasteiger partial charge is 0.412 e. The molecule has 0 fully saturated rings. The van der Waals surface area contributed by atoms with E-state index < -0.39 is 12.1 Å². The molecule has 3 N–H and O–H groups in total. The van der Waals surface area contributed by atoms with Crippen LogP contribution in [0.2, 0.25) is 0 Å².